The minimum absolute atomic E-state index is 0.447. The minimum atomic E-state index is -1.70. The number of aliphatic hydroxyl groups excluding tert-OH is 4. The summed E-state index contributed by atoms with van der Waals surface area (Å²) < 4.78 is 21.2. The molecule has 10 atom stereocenters. The van der Waals surface area contributed by atoms with Gasteiger partial charge in [0.2, 0.25) is 5.91 Å². The highest BCUT2D eigenvalue weighted by Crippen LogP contribution is 2.30. The molecule has 0 bridgehead atoms. The molecule has 0 aromatic rings. The van der Waals surface area contributed by atoms with Crippen LogP contribution in [0, 0.1) is 0 Å². The highest BCUT2D eigenvalue weighted by Gasteiger charge is 2.52. The number of methoxy groups -OCH3 is 1. The summed E-state index contributed by atoms with van der Waals surface area (Å²) in [6, 6.07) is -0.897. The standard InChI is InChI=1S/C16H27NO11/c1-5-8(17-6(2)19)12(9(20)7(4-18)26-5)27-16-11(22)10(21)13(25-3)14(28-16)15(23)24/h5,7-14,16,18,20-22H,4H2,1-3H3,(H,17,19)(H,23,24)/t5-,7?,8?,9+,10?,11?,12?,13-,14?,16+/m0/s1. The molecule has 2 saturated heterocycles. The molecule has 2 fully saturated rings. The molecular formula is C16H27NO11. The number of aliphatic carboxylic acids is 1. The maximum absolute atomic E-state index is 11.5. The number of carbonyl (C=O) groups is 2. The molecule has 0 aliphatic carbocycles. The maximum atomic E-state index is 11.5. The van der Waals surface area contributed by atoms with Crippen LogP contribution < -0.4 is 5.32 Å². The predicted molar refractivity (Wildman–Crippen MR) is 89.0 cm³/mol. The third-order valence-electron chi connectivity index (χ3n) is 4.87. The lowest BCUT2D eigenvalue weighted by Crippen LogP contribution is -2.67. The Morgan fingerprint density at radius 3 is 2.21 bits per heavy atom. The van der Waals surface area contributed by atoms with Crippen LogP contribution in [0.1, 0.15) is 13.8 Å². The molecule has 162 valence electrons. The number of carboxylic acid groups (broad SMARTS) is 1. The number of nitrogens with one attached hydrogen (secondary N) is 1. The first-order chi connectivity index (χ1) is 13.1. The van der Waals surface area contributed by atoms with Crippen molar-refractivity contribution < 1.29 is 54.1 Å². The summed E-state index contributed by atoms with van der Waals surface area (Å²) in [5.41, 5.74) is 0. The predicted octanol–water partition coefficient (Wildman–Crippen LogP) is -3.44. The zero-order valence-electron chi connectivity index (χ0n) is 15.7. The van der Waals surface area contributed by atoms with Crippen LogP contribution in [0.15, 0.2) is 0 Å². The Labute approximate surface area is 160 Å². The fourth-order valence-corrected chi connectivity index (χ4v) is 3.45. The minimum Gasteiger partial charge on any atom is -0.479 e. The number of ether oxygens (including phenoxy) is 4. The Morgan fingerprint density at radius 1 is 1.07 bits per heavy atom. The van der Waals surface area contributed by atoms with Crippen LogP contribution in [-0.4, -0.2) is 112 Å². The Kier molecular flexibility index (Phi) is 7.70. The van der Waals surface area contributed by atoms with E-state index in [1.54, 1.807) is 6.92 Å². The van der Waals surface area contributed by atoms with Crippen LogP contribution in [0.25, 0.3) is 0 Å². The second-order valence-electron chi connectivity index (χ2n) is 6.82. The lowest BCUT2D eigenvalue weighted by atomic mass is 9.92. The SMILES string of the molecule is CO[C@@H]1C(C(=O)O)O[C@@H](OC2C(NC(C)=O)[C@H](C)OC(CO)[C@H]2O)C(O)C1O. The molecule has 0 aromatic heterocycles. The van der Waals surface area contributed by atoms with Crippen molar-refractivity contribution >= 4 is 11.9 Å². The lowest BCUT2D eigenvalue weighted by Gasteiger charge is -2.47. The van der Waals surface area contributed by atoms with Gasteiger partial charge in [0, 0.05) is 14.0 Å². The van der Waals surface area contributed by atoms with E-state index in [1.807, 2.05) is 0 Å². The highest BCUT2D eigenvalue weighted by atomic mass is 16.7. The van der Waals surface area contributed by atoms with Gasteiger partial charge in [-0.05, 0) is 6.92 Å². The molecule has 0 saturated carbocycles. The van der Waals surface area contributed by atoms with E-state index in [0.29, 0.717) is 0 Å². The first-order valence-corrected chi connectivity index (χ1v) is 8.76. The number of amides is 1. The van der Waals surface area contributed by atoms with Crippen molar-refractivity contribution in [1.29, 1.82) is 0 Å². The van der Waals surface area contributed by atoms with E-state index >= 15 is 0 Å². The summed E-state index contributed by atoms with van der Waals surface area (Å²) in [5.74, 6) is -1.89. The summed E-state index contributed by atoms with van der Waals surface area (Å²) in [5, 5.41) is 52.2. The van der Waals surface area contributed by atoms with E-state index in [9.17, 15) is 35.1 Å². The highest BCUT2D eigenvalue weighted by molar-refractivity contribution is 5.73. The molecule has 2 heterocycles. The van der Waals surface area contributed by atoms with E-state index in [-0.39, 0.29) is 0 Å². The largest absolute Gasteiger partial charge is 0.479 e. The monoisotopic (exact) mass is 409 g/mol. The zero-order chi connectivity index (χ0) is 21.2. The number of hydrogen-bond acceptors (Lipinski definition) is 10. The van der Waals surface area contributed by atoms with Crippen LogP contribution in [0.2, 0.25) is 0 Å². The maximum Gasteiger partial charge on any atom is 0.335 e. The van der Waals surface area contributed by atoms with Gasteiger partial charge in [-0.15, -0.1) is 0 Å². The molecule has 1 amide bonds. The molecule has 0 aromatic carbocycles. The molecule has 2 aliphatic rings. The molecule has 6 N–H and O–H groups in total. The molecule has 28 heavy (non-hydrogen) atoms. The van der Waals surface area contributed by atoms with Gasteiger partial charge >= 0.3 is 5.97 Å². The quantitative estimate of drug-likeness (QED) is 0.256. The normalized spacial score (nSPS) is 44.1. The van der Waals surface area contributed by atoms with Crippen molar-refractivity contribution in [2.45, 2.75) is 75.0 Å². The fourth-order valence-electron chi connectivity index (χ4n) is 3.45. The van der Waals surface area contributed by atoms with Crippen molar-refractivity contribution in [2.24, 2.45) is 0 Å². The molecule has 0 spiro atoms. The first kappa shape index (κ1) is 22.9. The van der Waals surface area contributed by atoms with Crippen molar-refractivity contribution in [1.82, 2.24) is 5.32 Å². The van der Waals surface area contributed by atoms with Crippen LogP contribution in [0.5, 0.6) is 0 Å². The van der Waals surface area contributed by atoms with Crippen LogP contribution in [0.3, 0.4) is 0 Å². The Morgan fingerprint density at radius 2 is 1.71 bits per heavy atom. The van der Waals surface area contributed by atoms with Gasteiger partial charge in [-0.2, -0.15) is 0 Å². The second kappa shape index (κ2) is 9.41. The number of carboxylic acids is 1. The Hall–Kier alpha value is -1.38. The van der Waals surface area contributed by atoms with Crippen LogP contribution in [0.4, 0.5) is 0 Å². The number of carbonyl (C=O) groups excluding carboxylic acids is 1. The number of rotatable bonds is 6. The topological polar surface area (TPSA) is 184 Å². The molecule has 12 heteroatoms. The molecule has 2 aliphatic heterocycles. The van der Waals surface area contributed by atoms with E-state index in [1.165, 1.54) is 6.92 Å². The molecule has 12 nitrogen and oxygen atoms in total. The van der Waals surface area contributed by atoms with Crippen molar-refractivity contribution in [3.8, 4) is 0 Å². The van der Waals surface area contributed by atoms with Crippen molar-refractivity contribution in [3.05, 3.63) is 0 Å². The van der Waals surface area contributed by atoms with Gasteiger partial charge in [0.15, 0.2) is 12.4 Å². The van der Waals surface area contributed by atoms with Crippen molar-refractivity contribution in [3.63, 3.8) is 0 Å². The summed E-state index contributed by atoms with van der Waals surface area (Å²) in [6.45, 7) is 2.28. The van der Waals surface area contributed by atoms with Crippen LogP contribution in [-0.2, 0) is 28.5 Å². The third-order valence-corrected chi connectivity index (χ3v) is 4.87. The van der Waals surface area contributed by atoms with Gasteiger partial charge in [-0.3, -0.25) is 4.79 Å². The van der Waals surface area contributed by atoms with E-state index in [2.05, 4.69) is 5.32 Å². The van der Waals surface area contributed by atoms with Gasteiger partial charge in [0.1, 0.15) is 36.6 Å². The Bertz CT molecular complexity index is 561. The molecule has 0 radical (unpaired) electrons. The summed E-state index contributed by atoms with van der Waals surface area (Å²) >= 11 is 0. The van der Waals surface area contributed by atoms with Crippen molar-refractivity contribution in [2.75, 3.05) is 13.7 Å². The molecule has 6 unspecified atom stereocenters. The number of aliphatic hydroxyl groups is 4. The average molecular weight is 409 g/mol. The molecular weight excluding hydrogens is 382 g/mol. The second-order valence-corrected chi connectivity index (χ2v) is 6.82. The smallest absolute Gasteiger partial charge is 0.335 e. The average Bonchev–Trinajstić information content (AvgIpc) is 2.63. The third kappa shape index (κ3) is 4.60. The Balaban J connectivity index is 2.26. The van der Waals surface area contributed by atoms with E-state index in [4.69, 9.17) is 18.9 Å². The van der Waals surface area contributed by atoms with Gasteiger partial charge in [0.25, 0.3) is 0 Å². The van der Waals surface area contributed by atoms with E-state index in [0.717, 1.165) is 7.11 Å². The van der Waals surface area contributed by atoms with Crippen LogP contribution >= 0.6 is 0 Å². The van der Waals surface area contributed by atoms with Gasteiger partial charge in [-0.25, -0.2) is 4.79 Å². The van der Waals surface area contributed by atoms with Gasteiger partial charge in [-0.1, -0.05) is 0 Å². The number of hydrogen-bond donors (Lipinski definition) is 6. The fraction of sp³-hybridized carbons (Fsp3) is 0.875. The first-order valence-electron chi connectivity index (χ1n) is 8.76. The van der Waals surface area contributed by atoms with Gasteiger partial charge < -0.3 is 49.8 Å². The van der Waals surface area contributed by atoms with Gasteiger partial charge in [0.05, 0.1) is 18.8 Å². The summed E-state index contributed by atoms with van der Waals surface area (Å²) in [4.78, 5) is 23.0. The zero-order valence-corrected chi connectivity index (χ0v) is 15.7. The molecule has 2 rings (SSSR count). The summed E-state index contributed by atoms with van der Waals surface area (Å²) in [6.07, 6.45) is -12.4. The summed E-state index contributed by atoms with van der Waals surface area (Å²) in [7, 11) is 1.16. The lowest BCUT2D eigenvalue weighted by molar-refractivity contribution is -0.327. The van der Waals surface area contributed by atoms with E-state index < -0.39 is 79.6 Å².